The van der Waals surface area contributed by atoms with Crippen LogP contribution in [0, 0.1) is 5.41 Å². The first-order chi connectivity index (χ1) is 6.12. The highest BCUT2D eigenvalue weighted by molar-refractivity contribution is 4.89. The third-order valence-electron chi connectivity index (χ3n) is 3.29. The van der Waals surface area contributed by atoms with Gasteiger partial charge in [0.05, 0.1) is 6.61 Å². The molecule has 0 aromatic carbocycles. The van der Waals surface area contributed by atoms with Gasteiger partial charge in [0.2, 0.25) is 0 Å². The van der Waals surface area contributed by atoms with Gasteiger partial charge in [-0.25, -0.2) is 0 Å². The third-order valence-corrected chi connectivity index (χ3v) is 3.29. The van der Waals surface area contributed by atoms with Crippen LogP contribution < -0.4 is 5.32 Å². The zero-order chi connectivity index (χ0) is 9.36. The maximum Gasteiger partial charge on any atom is 0.119 e. The lowest BCUT2D eigenvalue weighted by Gasteiger charge is -2.46. The fourth-order valence-electron chi connectivity index (χ4n) is 2.28. The molecule has 0 aromatic heterocycles. The fourth-order valence-corrected chi connectivity index (χ4v) is 2.28. The Hall–Kier alpha value is -0.0800. The van der Waals surface area contributed by atoms with Crippen molar-refractivity contribution in [2.24, 2.45) is 5.41 Å². The Bertz CT molecular complexity index is 171. The topological polar surface area (TPSA) is 21.3 Å². The van der Waals surface area contributed by atoms with E-state index in [9.17, 15) is 0 Å². The van der Waals surface area contributed by atoms with E-state index < -0.39 is 0 Å². The molecule has 2 nitrogen and oxygen atoms in total. The standard InChI is InChI=1S/C11H21NO/c1-10(2)8-12-11(13-9-10)6-4-3-5-7-11/h12H,3-9H2,1-2H3. The van der Waals surface area contributed by atoms with E-state index in [1.807, 2.05) is 0 Å². The Labute approximate surface area is 81.0 Å². The molecule has 2 fully saturated rings. The predicted octanol–water partition coefficient (Wildman–Crippen LogP) is 2.29. The van der Waals surface area contributed by atoms with Crippen molar-refractivity contribution in [2.75, 3.05) is 13.2 Å². The molecule has 2 rings (SSSR count). The van der Waals surface area contributed by atoms with Gasteiger partial charge >= 0.3 is 0 Å². The largest absolute Gasteiger partial charge is 0.360 e. The molecule has 0 radical (unpaired) electrons. The highest BCUT2D eigenvalue weighted by Gasteiger charge is 2.39. The molecule has 2 aliphatic rings. The van der Waals surface area contributed by atoms with Crippen LogP contribution in [0.4, 0.5) is 0 Å². The van der Waals surface area contributed by atoms with Crippen molar-refractivity contribution in [1.29, 1.82) is 0 Å². The molecule has 76 valence electrons. The van der Waals surface area contributed by atoms with E-state index in [1.165, 1.54) is 32.1 Å². The van der Waals surface area contributed by atoms with E-state index in [-0.39, 0.29) is 5.72 Å². The van der Waals surface area contributed by atoms with Crippen molar-refractivity contribution in [1.82, 2.24) is 5.32 Å². The van der Waals surface area contributed by atoms with Gasteiger partial charge in [0.1, 0.15) is 5.72 Å². The third kappa shape index (κ3) is 2.05. The van der Waals surface area contributed by atoms with Crippen molar-refractivity contribution < 1.29 is 4.74 Å². The van der Waals surface area contributed by atoms with E-state index in [1.54, 1.807) is 0 Å². The first-order valence-electron chi connectivity index (χ1n) is 5.51. The minimum atomic E-state index is 0.0633. The van der Waals surface area contributed by atoms with Crippen LogP contribution in [0.1, 0.15) is 46.0 Å². The molecule has 0 aromatic rings. The predicted molar refractivity (Wildman–Crippen MR) is 53.6 cm³/mol. The summed E-state index contributed by atoms with van der Waals surface area (Å²) in [5.74, 6) is 0. The van der Waals surface area contributed by atoms with Crippen LogP contribution in [0.3, 0.4) is 0 Å². The lowest BCUT2D eigenvalue weighted by molar-refractivity contribution is -0.153. The molecule has 1 aliphatic carbocycles. The van der Waals surface area contributed by atoms with Crippen LogP contribution in [-0.4, -0.2) is 18.9 Å². The second-order valence-corrected chi connectivity index (χ2v) is 5.36. The monoisotopic (exact) mass is 183 g/mol. The van der Waals surface area contributed by atoms with Crippen LogP contribution >= 0.6 is 0 Å². The molecular weight excluding hydrogens is 162 g/mol. The molecule has 1 spiro atoms. The molecule has 0 bridgehead atoms. The maximum atomic E-state index is 6.01. The quantitative estimate of drug-likeness (QED) is 0.622. The summed E-state index contributed by atoms with van der Waals surface area (Å²) in [5.41, 5.74) is 0.385. The Kier molecular flexibility index (Phi) is 2.37. The van der Waals surface area contributed by atoms with Gasteiger partial charge < -0.3 is 4.74 Å². The van der Waals surface area contributed by atoms with Crippen LogP contribution in [0.25, 0.3) is 0 Å². The van der Waals surface area contributed by atoms with Gasteiger partial charge in [-0.3, -0.25) is 5.32 Å². The smallest absolute Gasteiger partial charge is 0.119 e. The van der Waals surface area contributed by atoms with Gasteiger partial charge in [-0.05, 0) is 25.7 Å². The lowest BCUT2D eigenvalue weighted by Crippen LogP contribution is -2.58. The zero-order valence-corrected chi connectivity index (χ0v) is 8.86. The molecule has 0 atom stereocenters. The average Bonchev–Trinajstić information content (AvgIpc) is 2.13. The summed E-state index contributed by atoms with van der Waals surface area (Å²) in [6.07, 6.45) is 6.46. The summed E-state index contributed by atoms with van der Waals surface area (Å²) >= 11 is 0. The van der Waals surface area contributed by atoms with Crippen molar-refractivity contribution >= 4 is 0 Å². The molecule has 2 heteroatoms. The fraction of sp³-hybridized carbons (Fsp3) is 1.00. The van der Waals surface area contributed by atoms with Crippen LogP contribution in [0.5, 0.6) is 0 Å². The summed E-state index contributed by atoms with van der Waals surface area (Å²) in [6.45, 7) is 6.54. The lowest BCUT2D eigenvalue weighted by atomic mass is 9.86. The number of rotatable bonds is 0. The van der Waals surface area contributed by atoms with Gasteiger partial charge in [0, 0.05) is 12.0 Å². The Morgan fingerprint density at radius 3 is 2.31 bits per heavy atom. The summed E-state index contributed by atoms with van der Waals surface area (Å²) in [4.78, 5) is 0. The maximum absolute atomic E-state index is 6.01. The minimum absolute atomic E-state index is 0.0633. The SMILES string of the molecule is CC1(C)CNC2(CCCCC2)OC1. The normalized spacial score (nSPS) is 31.8. The molecule has 1 heterocycles. The highest BCUT2D eigenvalue weighted by atomic mass is 16.5. The van der Waals surface area contributed by atoms with Gasteiger partial charge in [-0.15, -0.1) is 0 Å². The van der Waals surface area contributed by atoms with Crippen molar-refractivity contribution in [3.8, 4) is 0 Å². The number of nitrogens with one attached hydrogen (secondary N) is 1. The molecule has 1 saturated heterocycles. The first-order valence-corrected chi connectivity index (χ1v) is 5.51. The summed E-state index contributed by atoms with van der Waals surface area (Å²) in [7, 11) is 0. The molecular formula is C11H21NO. The Morgan fingerprint density at radius 2 is 1.77 bits per heavy atom. The van der Waals surface area contributed by atoms with E-state index in [4.69, 9.17) is 4.74 Å². The second kappa shape index (κ2) is 3.25. The van der Waals surface area contributed by atoms with E-state index in [0.717, 1.165) is 13.2 Å². The van der Waals surface area contributed by atoms with Crippen LogP contribution in [0.2, 0.25) is 0 Å². The van der Waals surface area contributed by atoms with Crippen LogP contribution in [0.15, 0.2) is 0 Å². The summed E-state index contributed by atoms with van der Waals surface area (Å²) < 4.78 is 6.01. The Balaban J connectivity index is 1.95. The summed E-state index contributed by atoms with van der Waals surface area (Å²) in [6, 6.07) is 0. The van der Waals surface area contributed by atoms with Gasteiger partial charge in [-0.2, -0.15) is 0 Å². The molecule has 0 unspecified atom stereocenters. The van der Waals surface area contributed by atoms with E-state index in [2.05, 4.69) is 19.2 Å². The molecule has 0 amide bonds. The second-order valence-electron chi connectivity index (χ2n) is 5.36. The molecule has 1 N–H and O–H groups in total. The van der Waals surface area contributed by atoms with E-state index in [0.29, 0.717) is 5.41 Å². The zero-order valence-electron chi connectivity index (χ0n) is 8.86. The van der Waals surface area contributed by atoms with Crippen molar-refractivity contribution in [2.45, 2.75) is 51.7 Å². The van der Waals surface area contributed by atoms with Gasteiger partial charge in [-0.1, -0.05) is 20.3 Å². The molecule has 1 saturated carbocycles. The minimum Gasteiger partial charge on any atom is -0.360 e. The highest BCUT2D eigenvalue weighted by Crippen LogP contribution is 2.34. The van der Waals surface area contributed by atoms with Gasteiger partial charge in [0.25, 0.3) is 0 Å². The molecule has 1 aliphatic heterocycles. The number of hydrogen-bond donors (Lipinski definition) is 1. The first kappa shape index (κ1) is 9.47. The van der Waals surface area contributed by atoms with Crippen molar-refractivity contribution in [3.05, 3.63) is 0 Å². The average molecular weight is 183 g/mol. The Morgan fingerprint density at radius 1 is 1.08 bits per heavy atom. The van der Waals surface area contributed by atoms with Crippen LogP contribution in [-0.2, 0) is 4.74 Å². The van der Waals surface area contributed by atoms with Gasteiger partial charge in [0.15, 0.2) is 0 Å². The van der Waals surface area contributed by atoms with Crippen molar-refractivity contribution in [3.63, 3.8) is 0 Å². The van der Waals surface area contributed by atoms with E-state index >= 15 is 0 Å². The molecule has 13 heavy (non-hydrogen) atoms. The summed E-state index contributed by atoms with van der Waals surface area (Å²) in [5, 5.41) is 3.60. The number of hydrogen-bond acceptors (Lipinski definition) is 2. The number of ether oxygens (including phenoxy) is 1.